The van der Waals surface area contributed by atoms with Gasteiger partial charge in [0.25, 0.3) is 0 Å². The highest BCUT2D eigenvalue weighted by molar-refractivity contribution is 7.92. The van der Waals surface area contributed by atoms with Crippen LogP contribution in [0.15, 0.2) is 30.9 Å². The van der Waals surface area contributed by atoms with E-state index in [2.05, 4.69) is 10.1 Å². The van der Waals surface area contributed by atoms with E-state index < -0.39 is 50.2 Å². The Morgan fingerprint density at radius 1 is 1.46 bits per heavy atom. The van der Waals surface area contributed by atoms with Gasteiger partial charge in [-0.15, -0.1) is 0 Å². The van der Waals surface area contributed by atoms with Crippen molar-refractivity contribution in [3.05, 3.63) is 48.1 Å². The van der Waals surface area contributed by atoms with Crippen LogP contribution in [0.4, 0.5) is 8.78 Å². The number of benzene rings is 1. The zero-order valence-electron chi connectivity index (χ0n) is 12.6. The highest BCUT2D eigenvalue weighted by Gasteiger charge is 2.45. The molecule has 10 heteroatoms. The monoisotopic (exact) mass is 356 g/mol. The summed E-state index contributed by atoms with van der Waals surface area (Å²) in [5, 5.41) is 21.9. The van der Waals surface area contributed by atoms with Crippen LogP contribution in [-0.4, -0.2) is 39.3 Å². The van der Waals surface area contributed by atoms with E-state index in [0.29, 0.717) is 6.07 Å². The minimum atomic E-state index is -4.08. The molecule has 0 radical (unpaired) electrons. The number of rotatable bonds is 6. The van der Waals surface area contributed by atoms with Gasteiger partial charge in [-0.1, -0.05) is 6.07 Å². The molecule has 0 fully saturated rings. The van der Waals surface area contributed by atoms with Crippen molar-refractivity contribution in [3.8, 4) is 6.07 Å². The molecular weight excluding hydrogens is 342 g/mol. The predicted octanol–water partition coefficient (Wildman–Crippen LogP) is 0.771. The SMILES string of the molecule is C[C@H]([C@](O)(Cn1cncn1)c1ccc(F)cc1F)S(=O)(=O)CC#N. The molecule has 0 aliphatic carbocycles. The fraction of sp³-hybridized carbons (Fsp3) is 0.357. The normalized spacial score (nSPS) is 15.5. The minimum absolute atomic E-state index is 0.409. The molecule has 1 heterocycles. The van der Waals surface area contributed by atoms with Crippen LogP contribution in [0, 0.1) is 23.0 Å². The summed E-state index contributed by atoms with van der Waals surface area (Å²) in [5.41, 5.74) is -2.69. The Bertz CT molecular complexity index is 865. The molecule has 0 aliphatic rings. The molecule has 0 saturated heterocycles. The first-order chi connectivity index (χ1) is 11.2. The van der Waals surface area contributed by atoms with Crippen LogP contribution < -0.4 is 0 Å². The van der Waals surface area contributed by atoms with E-state index in [0.717, 1.165) is 30.1 Å². The molecule has 1 aromatic carbocycles. The maximum absolute atomic E-state index is 14.2. The summed E-state index contributed by atoms with van der Waals surface area (Å²) < 4.78 is 53.0. The molecule has 2 rings (SSSR count). The zero-order chi connectivity index (χ0) is 18.0. The average molecular weight is 356 g/mol. The maximum Gasteiger partial charge on any atom is 0.169 e. The number of halogens is 2. The van der Waals surface area contributed by atoms with Gasteiger partial charge in [-0.2, -0.15) is 10.4 Å². The van der Waals surface area contributed by atoms with Gasteiger partial charge < -0.3 is 5.11 Å². The van der Waals surface area contributed by atoms with Gasteiger partial charge in [0.2, 0.25) is 0 Å². The van der Waals surface area contributed by atoms with E-state index >= 15 is 0 Å². The molecule has 0 amide bonds. The van der Waals surface area contributed by atoms with Crippen molar-refractivity contribution < 1.29 is 22.3 Å². The van der Waals surface area contributed by atoms with Crippen LogP contribution in [0.1, 0.15) is 12.5 Å². The van der Waals surface area contributed by atoms with Crippen LogP contribution in [0.25, 0.3) is 0 Å². The second-order valence-electron chi connectivity index (χ2n) is 5.25. The van der Waals surface area contributed by atoms with E-state index in [1.165, 1.54) is 12.4 Å². The number of nitriles is 1. The standard InChI is InChI=1S/C14H14F2N4O3S/c1-10(24(22,23)5-4-17)14(21,7-20-9-18-8-19-20)12-3-2-11(15)6-13(12)16/h2-3,6,8-10,21H,5,7H2,1H3/t10-,14-/m1/s1. The van der Waals surface area contributed by atoms with Gasteiger partial charge in [-0.25, -0.2) is 26.9 Å². The van der Waals surface area contributed by atoms with Crippen LogP contribution in [-0.2, 0) is 22.0 Å². The van der Waals surface area contributed by atoms with Crippen molar-refractivity contribution in [1.82, 2.24) is 14.8 Å². The molecule has 1 aromatic heterocycles. The molecule has 24 heavy (non-hydrogen) atoms. The van der Waals surface area contributed by atoms with E-state index in [-0.39, 0.29) is 0 Å². The van der Waals surface area contributed by atoms with E-state index in [1.54, 1.807) is 0 Å². The van der Waals surface area contributed by atoms with Crippen LogP contribution in [0.3, 0.4) is 0 Å². The van der Waals surface area contributed by atoms with Gasteiger partial charge >= 0.3 is 0 Å². The Morgan fingerprint density at radius 3 is 2.71 bits per heavy atom. The summed E-state index contributed by atoms with van der Waals surface area (Å²) in [6.45, 7) is 0.716. The number of aliphatic hydroxyl groups is 1. The molecule has 0 aliphatic heterocycles. The number of hydrogen-bond acceptors (Lipinski definition) is 6. The summed E-state index contributed by atoms with van der Waals surface area (Å²) in [5.74, 6) is -2.82. The molecule has 0 spiro atoms. The van der Waals surface area contributed by atoms with Gasteiger partial charge in [0.05, 0.1) is 17.9 Å². The summed E-state index contributed by atoms with van der Waals surface area (Å²) >= 11 is 0. The first kappa shape index (κ1) is 18.0. The second kappa shape index (κ2) is 6.62. The smallest absolute Gasteiger partial charge is 0.169 e. The summed E-state index contributed by atoms with van der Waals surface area (Å²) in [4.78, 5) is 3.68. The third-order valence-electron chi connectivity index (χ3n) is 3.74. The highest BCUT2D eigenvalue weighted by atomic mass is 32.2. The fourth-order valence-electron chi connectivity index (χ4n) is 2.35. The average Bonchev–Trinajstić information content (AvgIpc) is 2.98. The van der Waals surface area contributed by atoms with Crippen LogP contribution in [0.2, 0.25) is 0 Å². The van der Waals surface area contributed by atoms with Crippen LogP contribution >= 0.6 is 0 Å². The lowest BCUT2D eigenvalue weighted by atomic mass is 9.90. The molecule has 0 unspecified atom stereocenters. The Hall–Kier alpha value is -2.38. The van der Waals surface area contributed by atoms with Crippen molar-refractivity contribution in [3.63, 3.8) is 0 Å². The van der Waals surface area contributed by atoms with E-state index in [1.807, 2.05) is 0 Å². The van der Waals surface area contributed by atoms with E-state index in [9.17, 15) is 22.3 Å². The molecule has 128 valence electrons. The zero-order valence-corrected chi connectivity index (χ0v) is 13.4. The largest absolute Gasteiger partial charge is 0.382 e. The third-order valence-corrected chi connectivity index (χ3v) is 5.74. The van der Waals surface area contributed by atoms with Crippen molar-refractivity contribution in [2.75, 3.05) is 5.75 Å². The summed E-state index contributed by atoms with van der Waals surface area (Å²) in [7, 11) is -4.08. The van der Waals surface area contributed by atoms with Gasteiger partial charge in [0, 0.05) is 11.6 Å². The Labute approximate surface area is 137 Å². The Balaban J connectivity index is 2.59. The maximum atomic E-state index is 14.2. The van der Waals surface area contributed by atoms with Gasteiger partial charge in [-0.05, 0) is 13.0 Å². The molecule has 1 N–H and O–H groups in total. The highest BCUT2D eigenvalue weighted by Crippen LogP contribution is 2.33. The molecule has 7 nitrogen and oxygen atoms in total. The molecular formula is C14H14F2N4O3S. The first-order valence-corrected chi connectivity index (χ1v) is 8.51. The van der Waals surface area contributed by atoms with Crippen molar-refractivity contribution in [2.45, 2.75) is 24.3 Å². The summed E-state index contributed by atoms with van der Waals surface area (Å²) in [6, 6.07) is 3.94. The fourth-order valence-corrected chi connectivity index (χ4v) is 3.57. The number of aromatic nitrogens is 3. The number of nitrogens with zero attached hydrogens (tertiary/aromatic N) is 4. The molecule has 0 saturated carbocycles. The van der Waals surface area contributed by atoms with Crippen molar-refractivity contribution in [1.29, 1.82) is 5.26 Å². The summed E-state index contributed by atoms with van der Waals surface area (Å²) in [6.07, 6.45) is 2.38. The van der Waals surface area contributed by atoms with Crippen LogP contribution in [0.5, 0.6) is 0 Å². The topological polar surface area (TPSA) is 109 Å². The van der Waals surface area contributed by atoms with E-state index in [4.69, 9.17) is 5.26 Å². The van der Waals surface area contributed by atoms with Gasteiger partial charge in [0.15, 0.2) is 9.84 Å². The molecule has 0 bridgehead atoms. The lowest BCUT2D eigenvalue weighted by molar-refractivity contribution is 0.0111. The lowest BCUT2D eigenvalue weighted by Gasteiger charge is -2.33. The first-order valence-electron chi connectivity index (χ1n) is 6.79. The quantitative estimate of drug-likeness (QED) is 0.819. The molecule has 2 aromatic rings. The second-order valence-corrected chi connectivity index (χ2v) is 7.57. The number of sulfone groups is 1. The van der Waals surface area contributed by atoms with Crippen molar-refractivity contribution >= 4 is 9.84 Å². The van der Waals surface area contributed by atoms with Gasteiger partial charge in [0.1, 0.15) is 35.6 Å². The third kappa shape index (κ3) is 3.42. The Kier molecular flexibility index (Phi) is 4.96. The molecule has 2 atom stereocenters. The lowest BCUT2D eigenvalue weighted by Crippen LogP contribution is -2.47. The Morgan fingerprint density at radius 2 is 2.17 bits per heavy atom. The predicted molar refractivity (Wildman–Crippen MR) is 79.1 cm³/mol. The van der Waals surface area contributed by atoms with Gasteiger partial charge in [-0.3, -0.25) is 0 Å². The number of hydrogen-bond donors (Lipinski definition) is 1. The minimum Gasteiger partial charge on any atom is -0.382 e. The van der Waals surface area contributed by atoms with Crippen molar-refractivity contribution in [2.24, 2.45) is 0 Å².